The first-order chi connectivity index (χ1) is 19.8. The molecule has 0 amide bonds. The highest BCUT2D eigenvalue weighted by atomic mass is 16.7. The molecular formula is C30H36BN3O6. The summed E-state index contributed by atoms with van der Waals surface area (Å²) in [6, 6.07) is 24.1. The quantitative estimate of drug-likeness (QED) is 0.375. The lowest BCUT2D eigenvalue weighted by molar-refractivity contribution is 0.122. The number of hydrogen-bond acceptors (Lipinski definition) is 9. The van der Waals surface area contributed by atoms with Crippen molar-refractivity contribution >= 4 is 24.4 Å². The van der Waals surface area contributed by atoms with E-state index in [0.29, 0.717) is 17.2 Å². The standard InChI is InChI=1S/C30H36BN3O6/c1-7-28(8-2-25(1)32-13-19-35-20-14-32)38-31(39-29-9-3-26(4-10-29)33-15-21-36-22-16-33)40-30-11-5-27(6-12-30)34-17-23-37-24-18-34/h1-12H,13-24H2. The highest BCUT2D eigenvalue weighted by Gasteiger charge is 2.30. The molecule has 40 heavy (non-hydrogen) atoms. The van der Waals surface area contributed by atoms with Crippen LogP contribution in [-0.2, 0) is 14.2 Å². The summed E-state index contributed by atoms with van der Waals surface area (Å²) >= 11 is 0. The molecule has 3 aliphatic rings. The average Bonchev–Trinajstić information content (AvgIpc) is 3.03. The fourth-order valence-electron chi connectivity index (χ4n) is 5.08. The van der Waals surface area contributed by atoms with Gasteiger partial charge in [0, 0.05) is 56.3 Å². The Morgan fingerprint density at radius 3 is 0.900 bits per heavy atom. The van der Waals surface area contributed by atoms with Gasteiger partial charge in [0.2, 0.25) is 0 Å². The Balaban J connectivity index is 1.15. The van der Waals surface area contributed by atoms with Crippen molar-refractivity contribution in [3.8, 4) is 17.2 Å². The van der Waals surface area contributed by atoms with Gasteiger partial charge in [-0.3, -0.25) is 0 Å². The first-order valence-corrected chi connectivity index (χ1v) is 14.1. The second-order valence-electron chi connectivity index (χ2n) is 9.92. The van der Waals surface area contributed by atoms with Crippen LogP contribution in [0.2, 0.25) is 0 Å². The van der Waals surface area contributed by atoms with Crippen LogP contribution in [0.15, 0.2) is 72.8 Å². The molecule has 0 aliphatic carbocycles. The van der Waals surface area contributed by atoms with E-state index >= 15 is 0 Å². The van der Waals surface area contributed by atoms with Gasteiger partial charge in [-0.15, -0.1) is 0 Å². The molecule has 3 aliphatic heterocycles. The minimum absolute atomic E-state index is 0.664. The van der Waals surface area contributed by atoms with Crippen LogP contribution < -0.4 is 28.7 Å². The van der Waals surface area contributed by atoms with Gasteiger partial charge in [-0.25, -0.2) is 0 Å². The Bertz CT molecular complexity index is 1030. The lowest BCUT2D eigenvalue weighted by Crippen LogP contribution is -2.37. The van der Waals surface area contributed by atoms with Crippen LogP contribution in [-0.4, -0.2) is 86.2 Å². The van der Waals surface area contributed by atoms with Crippen molar-refractivity contribution in [3.05, 3.63) is 72.8 Å². The molecule has 0 N–H and O–H groups in total. The number of rotatable bonds is 9. The van der Waals surface area contributed by atoms with Crippen molar-refractivity contribution in [1.29, 1.82) is 0 Å². The molecule has 3 heterocycles. The molecule has 6 rings (SSSR count). The molecule has 0 spiro atoms. The Labute approximate surface area is 236 Å². The van der Waals surface area contributed by atoms with Crippen LogP contribution in [0.25, 0.3) is 0 Å². The SMILES string of the molecule is c1cc(N2CCOCC2)ccc1OB(Oc1ccc(N2CCOCC2)cc1)Oc1ccc(N2CCOCC2)cc1. The van der Waals surface area contributed by atoms with E-state index < -0.39 is 7.32 Å². The van der Waals surface area contributed by atoms with Crippen molar-refractivity contribution in [3.63, 3.8) is 0 Å². The van der Waals surface area contributed by atoms with E-state index in [-0.39, 0.29) is 0 Å². The molecule has 0 bridgehead atoms. The summed E-state index contributed by atoms with van der Waals surface area (Å²) in [5.41, 5.74) is 3.43. The van der Waals surface area contributed by atoms with Crippen molar-refractivity contribution < 1.29 is 28.2 Å². The van der Waals surface area contributed by atoms with Gasteiger partial charge in [0.25, 0.3) is 0 Å². The summed E-state index contributed by atoms with van der Waals surface area (Å²) in [5, 5.41) is 0. The highest BCUT2D eigenvalue weighted by molar-refractivity contribution is 6.39. The van der Waals surface area contributed by atoms with Crippen molar-refractivity contribution in [2.75, 3.05) is 93.6 Å². The highest BCUT2D eigenvalue weighted by Crippen LogP contribution is 2.26. The Kier molecular flexibility index (Phi) is 8.77. The third-order valence-corrected chi connectivity index (χ3v) is 7.34. The first kappa shape index (κ1) is 26.6. The molecule has 3 aromatic carbocycles. The predicted molar refractivity (Wildman–Crippen MR) is 156 cm³/mol. The fourth-order valence-corrected chi connectivity index (χ4v) is 5.08. The molecular weight excluding hydrogens is 509 g/mol. The normalized spacial score (nSPS) is 17.9. The van der Waals surface area contributed by atoms with Crippen molar-refractivity contribution in [2.24, 2.45) is 0 Å². The Hall–Kier alpha value is -3.60. The smallest absolute Gasteiger partial charge is 0.490 e. The van der Waals surface area contributed by atoms with Crippen LogP contribution in [0.5, 0.6) is 17.2 Å². The predicted octanol–water partition coefficient (Wildman–Crippen LogP) is 3.72. The fraction of sp³-hybridized carbons (Fsp3) is 0.400. The molecule has 0 saturated carbocycles. The molecule has 3 fully saturated rings. The van der Waals surface area contributed by atoms with Crippen LogP contribution in [0.3, 0.4) is 0 Å². The minimum Gasteiger partial charge on any atom is -0.490 e. The van der Waals surface area contributed by atoms with Gasteiger partial charge in [0.1, 0.15) is 17.2 Å². The lowest BCUT2D eigenvalue weighted by Gasteiger charge is -2.29. The number of hydrogen-bond donors (Lipinski definition) is 0. The second kappa shape index (κ2) is 13.2. The topological polar surface area (TPSA) is 65.1 Å². The third kappa shape index (κ3) is 6.93. The number of nitrogens with zero attached hydrogens (tertiary/aromatic N) is 3. The van der Waals surface area contributed by atoms with Gasteiger partial charge in [-0.1, -0.05) is 0 Å². The summed E-state index contributed by atoms with van der Waals surface area (Å²) in [6.07, 6.45) is 0. The van der Waals surface area contributed by atoms with E-state index in [4.69, 9.17) is 28.2 Å². The summed E-state index contributed by atoms with van der Waals surface area (Å²) in [7, 11) is -0.974. The number of morpholine rings is 3. The lowest BCUT2D eigenvalue weighted by atomic mass is 10.1. The molecule has 0 atom stereocenters. The van der Waals surface area contributed by atoms with Gasteiger partial charge in [0.15, 0.2) is 0 Å². The maximum Gasteiger partial charge on any atom is 0.864 e. The molecule has 10 heteroatoms. The monoisotopic (exact) mass is 545 g/mol. The largest absolute Gasteiger partial charge is 0.864 e. The van der Waals surface area contributed by atoms with E-state index in [9.17, 15) is 0 Å². The van der Waals surface area contributed by atoms with Crippen LogP contribution in [0.1, 0.15) is 0 Å². The molecule has 210 valence electrons. The van der Waals surface area contributed by atoms with Crippen molar-refractivity contribution in [1.82, 2.24) is 0 Å². The molecule has 0 radical (unpaired) electrons. The zero-order valence-corrected chi connectivity index (χ0v) is 22.8. The van der Waals surface area contributed by atoms with E-state index in [1.54, 1.807) is 0 Å². The van der Waals surface area contributed by atoms with Gasteiger partial charge in [-0.2, -0.15) is 0 Å². The summed E-state index contributed by atoms with van der Waals surface area (Å²) < 4.78 is 35.1. The number of ether oxygens (including phenoxy) is 3. The molecule has 9 nitrogen and oxygen atoms in total. The minimum atomic E-state index is -0.974. The van der Waals surface area contributed by atoms with E-state index in [1.165, 1.54) is 0 Å². The summed E-state index contributed by atoms with van der Waals surface area (Å²) in [4.78, 5) is 6.93. The van der Waals surface area contributed by atoms with Gasteiger partial charge < -0.3 is 42.9 Å². The van der Waals surface area contributed by atoms with Crippen molar-refractivity contribution in [2.45, 2.75) is 0 Å². The number of anilines is 3. The molecule has 3 aromatic rings. The average molecular weight is 545 g/mol. The molecule has 0 aromatic heterocycles. The first-order valence-electron chi connectivity index (χ1n) is 14.1. The van der Waals surface area contributed by atoms with Gasteiger partial charge in [0.05, 0.1) is 39.6 Å². The third-order valence-electron chi connectivity index (χ3n) is 7.34. The molecule has 0 unspecified atom stereocenters. The van der Waals surface area contributed by atoms with E-state index in [1.807, 2.05) is 36.4 Å². The second-order valence-corrected chi connectivity index (χ2v) is 9.92. The summed E-state index contributed by atoms with van der Waals surface area (Å²) in [6.45, 7) is 9.79. The van der Waals surface area contributed by atoms with Gasteiger partial charge >= 0.3 is 7.32 Å². The zero-order valence-electron chi connectivity index (χ0n) is 22.8. The van der Waals surface area contributed by atoms with Crippen LogP contribution in [0, 0.1) is 0 Å². The van der Waals surface area contributed by atoms with Crippen LogP contribution >= 0.6 is 0 Å². The van der Waals surface area contributed by atoms with E-state index in [0.717, 1.165) is 96.0 Å². The van der Waals surface area contributed by atoms with Gasteiger partial charge in [-0.05, 0) is 72.8 Å². The Morgan fingerprint density at radius 1 is 0.400 bits per heavy atom. The van der Waals surface area contributed by atoms with E-state index in [2.05, 4.69) is 51.1 Å². The van der Waals surface area contributed by atoms with Crippen LogP contribution in [0.4, 0.5) is 17.1 Å². The summed E-state index contributed by atoms with van der Waals surface area (Å²) in [5.74, 6) is 1.99. The number of benzene rings is 3. The maximum atomic E-state index is 6.22. The molecule has 3 saturated heterocycles. The maximum absolute atomic E-state index is 6.22. The zero-order chi connectivity index (χ0) is 27.0. The Morgan fingerprint density at radius 2 is 0.650 bits per heavy atom.